The van der Waals surface area contributed by atoms with Gasteiger partial charge in [0.25, 0.3) is 5.91 Å². The molecular formula is C23H22ClFN4O4. The van der Waals surface area contributed by atoms with E-state index in [9.17, 15) is 14.0 Å². The van der Waals surface area contributed by atoms with Crippen LogP contribution >= 0.6 is 11.6 Å². The van der Waals surface area contributed by atoms with E-state index in [4.69, 9.17) is 26.8 Å². The van der Waals surface area contributed by atoms with Crippen LogP contribution in [0, 0.1) is 0 Å². The van der Waals surface area contributed by atoms with E-state index in [1.165, 1.54) is 19.4 Å². The van der Waals surface area contributed by atoms with Crippen LogP contribution in [0.25, 0.3) is 10.9 Å². The molecule has 1 saturated carbocycles. The number of pyridine rings is 1. The van der Waals surface area contributed by atoms with Gasteiger partial charge in [-0.15, -0.1) is 0 Å². The molecule has 4 rings (SSSR count). The minimum absolute atomic E-state index is 0.124. The lowest BCUT2D eigenvalue weighted by molar-refractivity contribution is 0.0947. The normalized spacial score (nSPS) is 12.9. The summed E-state index contributed by atoms with van der Waals surface area (Å²) in [5.41, 5.74) is 7.89. The zero-order valence-electron chi connectivity index (χ0n) is 17.8. The molecule has 1 amide bonds. The van der Waals surface area contributed by atoms with E-state index in [0.717, 1.165) is 12.8 Å². The molecule has 1 aromatic heterocycles. The molecule has 0 aliphatic heterocycles. The number of aldehydes is 1. The van der Waals surface area contributed by atoms with E-state index in [2.05, 4.69) is 15.6 Å². The number of carbonyl (C=O) groups is 2. The molecule has 0 unspecified atom stereocenters. The lowest BCUT2D eigenvalue weighted by Crippen LogP contribution is -2.25. The molecule has 10 heteroatoms. The third kappa shape index (κ3) is 4.63. The van der Waals surface area contributed by atoms with Gasteiger partial charge in [0.1, 0.15) is 18.2 Å². The van der Waals surface area contributed by atoms with Crippen molar-refractivity contribution in [2.45, 2.75) is 18.9 Å². The van der Waals surface area contributed by atoms with Crippen molar-refractivity contribution < 1.29 is 23.5 Å². The van der Waals surface area contributed by atoms with Crippen LogP contribution in [0.15, 0.2) is 30.5 Å². The molecule has 8 nitrogen and oxygen atoms in total. The minimum Gasteiger partial charge on any atom is -0.496 e. The molecule has 3 aromatic rings. The van der Waals surface area contributed by atoms with Gasteiger partial charge in [-0.05, 0) is 31.0 Å². The van der Waals surface area contributed by atoms with Gasteiger partial charge >= 0.3 is 0 Å². The molecule has 0 bridgehead atoms. The topological polar surface area (TPSA) is 116 Å². The fourth-order valence-electron chi connectivity index (χ4n) is 3.37. The van der Waals surface area contributed by atoms with Crippen molar-refractivity contribution in [2.24, 2.45) is 0 Å². The summed E-state index contributed by atoms with van der Waals surface area (Å²) >= 11 is 6.45. The maximum atomic E-state index is 12.5. The predicted octanol–water partition coefficient (Wildman–Crippen LogP) is 4.36. The highest BCUT2D eigenvalue weighted by Crippen LogP contribution is 2.43. The van der Waals surface area contributed by atoms with Gasteiger partial charge in [0.15, 0.2) is 12.0 Å². The van der Waals surface area contributed by atoms with E-state index in [0.29, 0.717) is 34.2 Å². The largest absolute Gasteiger partial charge is 0.496 e. The zero-order valence-corrected chi connectivity index (χ0v) is 18.5. The lowest BCUT2D eigenvalue weighted by Gasteiger charge is -2.17. The summed E-state index contributed by atoms with van der Waals surface area (Å²) in [5.74, 6) is 0.312. The Bertz CT molecular complexity index is 1230. The summed E-state index contributed by atoms with van der Waals surface area (Å²) < 4.78 is 23.9. The zero-order chi connectivity index (χ0) is 23.5. The fourth-order valence-corrected chi connectivity index (χ4v) is 3.63. The van der Waals surface area contributed by atoms with Crippen LogP contribution in [0.1, 0.15) is 33.6 Å². The van der Waals surface area contributed by atoms with E-state index in [1.54, 1.807) is 18.2 Å². The first-order valence-electron chi connectivity index (χ1n) is 10.3. The molecule has 2 aromatic carbocycles. The van der Waals surface area contributed by atoms with Gasteiger partial charge in [0, 0.05) is 35.8 Å². The number of halogens is 2. The molecule has 4 N–H and O–H groups in total. The van der Waals surface area contributed by atoms with Gasteiger partial charge in [0.2, 0.25) is 0 Å². The molecule has 33 heavy (non-hydrogen) atoms. The summed E-state index contributed by atoms with van der Waals surface area (Å²) in [6.07, 6.45) is 4.22. The van der Waals surface area contributed by atoms with Crippen molar-refractivity contribution in [3.8, 4) is 17.2 Å². The van der Waals surface area contributed by atoms with Gasteiger partial charge in [-0.2, -0.15) is 0 Å². The first kappa shape index (κ1) is 22.6. The van der Waals surface area contributed by atoms with Crippen LogP contribution in [0.4, 0.5) is 15.8 Å². The minimum atomic E-state index is -0.692. The molecular weight excluding hydrogens is 451 g/mol. The highest BCUT2D eigenvalue weighted by molar-refractivity contribution is 6.36. The summed E-state index contributed by atoms with van der Waals surface area (Å²) in [6, 6.07) is 6.52. The van der Waals surface area contributed by atoms with Gasteiger partial charge < -0.3 is 25.8 Å². The summed E-state index contributed by atoms with van der Waals surface area (Å²) in [4.78, 5) is 28.5. The molecule has 0 atom stereocenters. The third-order valence-electron chi connectivity index (χ3n) is 5.22. The molecule has 0 spiro atoms. The molecule has 1 aliphatic rings. The quantitative estimate of drug-likeness (QED) is 0.313. The molecule has 1 heterocycles. The summed E-state index contributed by atoms with van der Waals surface area (Å²) in [7, 11) is 1.42. The Kier molecular flexibility index (Phi) is 6.50. The van der Waals surface area contributed by atoms with Gasteiger partial charge in [0.05, 0.1) is 34.6 Å². The number of ether oxygens (including phenoxy) is 2. The van der Waals surface area contributed by atoms with E-state index in [1.807, 2.05) is 0 Å². The molecule has 0 saturated heterocycles. The molecule has 172 valence electrons. The number of anilines is 2. The SMILES string of the molecule is COc1cc2nccc(Oc3cc(C=O)c(NC4CC4)c(Cl)c3N)c2cc1C(=O)NCCF. The first-order valence-corrected chi connectivity index (χ1v) is 10.7. The second-order valence-electron chi connectivity index (χ2n) is 7.53. The monoisotopic (exact) mass is 472 g/mol. The Balaban J connectivity index is 1.76. The van der Waals surface area contributed by atoms with E-state index >= 15 is 0 Å². The van der Waals surface area contributed by atoms with Crippen molar-refractivity contribution in [1.82, 2.24) is 10.3 Å². The van der Waals surface area contributed by atoms with E-state index in [-0.39, 0.29) is 40.4 Å². The Morgan fingerprint density at radius 2 is 2.09 bits per heavy atom. The Morgan fingerprint density at radius 3 is 2.76 bits per heavy atom. The molecule has 0 radical (unpaired) electrons. The number of methoxy groups -OCH3 is 1. The average Bonchev–Trinajstić information content (AvgIpc) is 3.65. The van der Waals surface area contributed by atoms with E-state index < -0.39 is 12.6 Å². The second kappa shape index (κ2) is 9.50. The van der Waals surface area contributed by atoms with Gasteiger partial charge in [-0.1, -0.05) is 11.6 Å². The number of carbonyl (C=O) groups excluding carboxylic acids is 2. The number of nitrogen functional groups attached to an aromatic ring is 1. The van der Waals surface area contributed by atoms with Crippen molar-refractivity contribution in [1.29, 1.82) is 0 Å². The van der Waals surface area contributed by atoms with Crippen LogP contribution < -0.4 is 25.8 Å². The Morgan fingerprint density at radius 1 is 1.30 bits per heavy atom. The third-order valence-corrected chi connectivity index (χ3v) is 5.61. The number of alkyl halides is 1. The number of fused-ring (bicyclic) bond motifs is 1. The van der Waals surface area contributed by atoms with Crippen molar-refractivity contribution >= 4 is 46.1 Å². The van der Waals surface area contributed by atoms with Crippen molar-refractivity contribution in [2.75, 3.05) is 31.4 Å². The van der Waals surface area contributed by atoms with Crippen LogP contribution in [0.2, 0.25) is 5.02 Å². The van der Waals surface area contributed by atoms with Gasteiger partial charge in [-0.3, -0.25) is 14.6 Å². The number of hydrogen-bond donors (Lipinski definition) is 3. The van der Waals surface area contributed by atoms with Gasteiger partial charge in [-0.25, -0.2) is 4.39 Å². The van der Waals surface area contributed by atoms with Crippen LogP contribution in [-0.2, 0) is 0 Å². The molecule has 1 aliphatic carbocycles. The number of nitrogens with one attached hydrogen (secondary N) is 2. The average molecular weight is 473 g/mol. The second-order valence-corrected chi connectivity index (χ2v) is 7.91. The summed E-state index contributed by atoms with van der Waals surface area (Å²) in [6.45, 7) is -0.816. The van der Waals surface area contributed by atoms with Crippen LogP contribution in [-0.4, -0.2) is 43.5 Å². The van der Waals surface area contributed by atoms with Crippen LogP contribution in [0.3, 0.4) is 0 Å². The highest BCUT2D eigenvalue weighted by atomic mass is 35.5. The number of nitrogens with two attached hydrogens (primary N) is 1. The number of rotatable bonds is 9. The maximum absolute atomic E-state index is 12.5. The Labute approximate surface area is 194 Å². The smallest absolute Gasteiger partial charge is 0.255 e. The number of benzene rings is 2. The highest BCUT2D eigenvalue weighted by Gasteiger charge is 2.25. The standard InChI is InChI=1S/C23H22ClFN4O4/c1-32-18-10-16-14(9-15(18)23(31)28-7-5-25)17(4-6-27-16)33-19-8-12(11-30)22(20(24)21(19)26)29-13-2-3-13/h4,6,8-11,13,29H,2-3,5,7,26H2,1H3,(H,28,31). The summed E-state index contributed by atoms with van der Waals surface area (Å²) in [5, 5.41) is 6.39. The number of nitrogens with zero attached hydrogens (tertiary/aromatic N) is 1. The predicted molar refractivity (Wildman–Crippen MR) is 125 cm³/mol. The van der Waals surface area contributed by atoms with Crippen LogP contribution in [0.5, 0.6) is 17.2 Å². The number of amides is 1. The number of hydrogen-bond acceptors (Lipinski definition) is 7. The number of aromatic nitrogens is 1. The Hall–Kier alpha value is -3.59. The lowest BCUT2D eigenvalue weighted by atomic mass is 10.1. The maximum Gasteiger partial charge on any atom is 0.255 e. The van der Waals surface area contributed by atoms with Crippen molar-refractivity contribution in [3.63, 3.8) is 0 Å². The molecule has 1 fully saturated rings. The first-order chi connectivity index (χ1) is 16.0. The van der Waals surface area contributed by atoms with Crippen molar-refractivity contribution in [3.05, 3.63) is 46.6 Å². The fraction of sp³-hybridized carbons (Fsp3) is 0.261.